The number of hydrogen-bond acceptors (Lipinski definition) is 8. The molecule has 0 radical (unpaired) electrons. The Morgan fingerprint density at radius 2 is 1.90 bits per heavy atom. The topological polar surface area (TPSA) is 130 Å². The Bertz CT molecular complexity index is 864. The quantitative estimate of drug-likeness (QED) is 0.357. The monoisotopic (exact) mass is 434 g/mol. The summed E-state index contributed by atoms with van der Waals surface area (Å²) in [5, 5.41) is 44.5. The Labute approximate surface area is 178 Å². The first-order valence-corrected chi connectivity index (χ1v) is 10.5. The van der Waals surface area contributed by atoms with E-state index in [2.05, 4.69) is 5.32 Å². The number of nitrogens with zero attached hydrogens (tertiary/aromatic N) is 1. The predicted molar refractivity (Wildman–Crippen MR) is 112 cm³/mol. The molecule has 0 saturated heterocycles. The van der Waals surface area contributed by atoms with Crippen LogP contribution in [0.3, 0.4) is 0 Å². The van der Waals surface area contributed by atoms with Gasteiger partial charge in [0.15, 0.2) is 5.78 Å². The van der Waals surface area contributed by atoms with Gasteiger partial charge in [-0.3, -0.25) is 14.9 Å². The first kappa shape index (κ1) is 22.4. The van der Waals surface area contributed by atoms with Gasteiger partial charge in [0, 0.05) is 24.4 Å². The van der Waals surface area contributed by atoms with Gasteiger partial charge in [0.25, 0.3) is 5.91 Å². The molecule has 1 aliphatic carbocycles. The minimum atomic E-state index is -1.40. The molecule has 0 aromatic carbocycles. The third kappa shape index (κ3) is 4.12. The van der Waals surface area contributed by atoms with Crippen LogP contribution >= 0.6 is 11.3 Å². The lowest BCUT2D eigenvalue weighted by Gasteiger charge is -2.38. The van der Waals surface area contributed by atoms with Crippen molar-refractivity contribution in [3.63, 3.8) is 0 Å². The van der Waals surface area contributed by atoms with E-state index in [4.69, 9.17) is 0 Å². The molecule has 3 atom stereocenters. The fraction of sp³-hybridized carbons (Fsp3) is 0.429. The number of nitrogens with one attached hydrogen (secondary N) is 1. The standard InChI is InChI=1S/C21H26N2O6S/c1-23-15-6-3-2-5-13(15)19(28)18(20(23)29)16(27)9-14(17-7-4-8-30-17)22-21(10-24,11-25)12-26/h2-8,13-15,22,24-26,28H,9-12H2,1H3/t13-,14+,15-/m1/s1. The molecular formula is C21H26N2O6S. The number of rotatable bonds is 9. The second kappa shape index (κ2) is 9.23. The van der Waals surface area contributed by atoms with E-state index in [0.29, 0.717) is 0 Å². The Hall–Kier alpha value is -2.30. The summed E-state index contributed by atoms with van der Waals surface area (Å²) in [6.07, 6.45) is 6.91. The molecule has 0 unspecified atom stereocenters. The summed E-state index contributed by atoms with van der Waals surface area (Å²) in [5.74, 6) is -1.85. The van der Waals surface area contributed by atoms with Crippen LogP contribution in [0.5, 0.6) is 0 Å². The zero-order valence-electron chi connectivity index (χ0n) is 16.6. The molecular weight excluding hydrogens is 408 g/mol. The van der Waals surface area contributed by atoms with E-state index in [0.717, 1.165) is 4.88 Å². The van der Waals surface area contributed by atoms with Crippen LogP contribution in [-0.4, -0.2) is 75.5 Å². The molecule has 2 heterocycles. The third-order valence-electron chi connectivity index (χ3n) is 5.60. The maximum atomic E-state index is 13.2. The minimum Gasteiger partial charge on any atom is -0.511 e. The Balaban J connectivity index is 1.91. The molecule has 2 aliphatic rings. The van der Waals surface area contributed by atoms with E-state index in [1.165, 1.54) is 16.2 Å². The maximum absolute atomic E-state index is 13.2. The maximum Gasteiger partial charge on any atom is 0.261 e. The van der Waals surface area contributed by atoms with Crippen LogP contribution in [0.2, 0.25) is 0 Å². The largest absolute Gasteiger partial charge is 0.511 e. The van der Waals surface area contributed by atoms with Crippen LogP contribution in [0.25, 0.3) is 0 Å². The van der Waals surface area contributed by atoms with E-state index in [1.54, 1.807) is 43.5 Å². The number of likely N-dealkylation sites (N-methyl/N-ethyl adjacent to an activating group) is 1. The highest BCUT2D eigenvalue weighted by molar-refractivity contribution is 7.10. The van der Waals surface area contributed by atoms with Gasteiger partial charge in [-0.25, -0.2) is 0 Å². The van der Waals surface area contributed by atoms with Crippen molar-refractivity contribution in [2.75, 3.05) is 26.9 Å². The van der Waals surface area contributed by atoms with Gasteiger partial charge >= 0.3 is 0 Å². The molecule has 1 aliphatic heterocycles. The van der Waals surface area contributed by atoms with Gasteiger partial charge in [-0.1, -0.05) is 30.4 Å². The van der Waals surface area contributed by atoms with Gasteiger partial charge < -0.3 is 25.3 Å². The highest BCUT2D eigenvalue weighted by Gasteiger charge is 2.42. The van der Waals surface area contributed by atoms with Gasteiger partial charge in [0.05, 0.1) is 37.3 Å². The molecule has 5 N–H and O–H groups in total. The number of thiophene rings is 1. The Morgan fingerprint density at radius 1 is 1.23 bits per heavy atom. The molecule has 1 aromatic heterocycles. The van der Waals surface area contributed by atoms with Crippen LogP contribution in [-0.2, 0) is 9.59 Å². The van der Waals surface area contributed by atoms with Crippen molar-refractivity contribution < 1.29 is 30.0 Å². The van der Waals surface area contributed by atoms with Crippen LogP contribution < -0.4 is 5.32 Å². The van der Waals surface area contributed by atoms with E-state index in [9.17, 15) is 30.0 Å². The summed E-state index contributed by atoms with van der Waals surface area (Å²) in [5.41, 5.74) is -1.66. The minimum absolute atomic E-state index is 0.196. The first-order valence-electron chi connectivity index (χ1n) is 9.59. The molecule has 162 valence electrons. The molecule has 8 nitrogen and oxygen atoms in total. The number of carbonyl (C=O) groups excluding carboxylic acids is 2. The average Bonchev–Trinajstić information content (AvgIpc) is 3.30. The highest BCUT2D eigenvalue weighted by atomic mass is 32.1. The zero-order valence-corrected chi connectivity index (χ0v) is 17.4. The van der Waals surface area contributed by atoms with Gasteiger partial charge in [-0.15, -0.1) is 11.3 Å². The fourth-order valence-corrected chi connectivity index (χ4v) is 4.50. The number of fused-ring (bicyclic) bond motifs is 1. The number of carbonyl (C=O) groups is 2. The van der Waals surface area contributed by atoms with Gasteiger partial charge in [-0.2, -0.15) is 0 Å². The number of aliphatic hydroxyl groups is 4. The number of allylic oxidation sites excluding steroid dienone is 2. The van der Waals surface area contributed by atoms with E-state index in [-0.39, 0.29) is 23.8 Å². The number of aliphatic hydroxyl groups excluding tert-OH is 4. The molecule has 9 heteroatoms. The van der Waals surface area contributed by atoms with Crippen LogP contribution in [0.4, 0.5) is 0 Å². The summed E-state index contributed by atoms with van der Waals surface area (Å²) in [6.45, 7) is -1.65. The first-order chi connectivity index (χ1) is 14.4. The molecule has 30 heavy (non-hydrogen) atoms. The smallest absolute Gasteiger partial charge is 0.261 e. The summed E-state index contributed by atoms with van der Waals surface area (Å²) in [6, 6.07) is 2.54. The van der Waals surface area contributed by atoms with Gasteiger partial charge in [0.2, 0.25) is 0 Å². The fourth-order valence-electron chi connectivity index (χ4n) is 3.72. The van der Waals surface area contributed by atoms with Crippen molar-refractivity contribution in [3.05, 3.63) is 58.0 Å². The van der Waals surface area contributed by atoms with Crippen molar-refractivity contribution in [2.45, 2.75) is 24.0 Å². The molecule has 1 aromatic rings. The summed E-state index contributed by atoms with van der Waals surface area (Å²) in [4.78, 5) is 28.2. The number of amides is 1. The lowest BCUT2D eigenvalue weighted by atomic mass is 9.84. The highest BCUT2D eigenvalue weighted by Crippen LogP contribution is 2.34. The SMILES string of the molecule is CN1C(=O)C(C(=O)C[C@H](NC(CO)(CO)CO)c2cccs2)=C(O)[C@@H]2C=CC=C[C@H]21. The van der Waals surface area contributed by atoms with Crippen LogP contribution in [0.1, 0.15) is 17.3 Å². The number of hydrogen-bond donors (Lipinski definition) is 5. The summed E-state index contributed by atoms with van der Waals surface area (Å²) < 4.78 is 0. The van der Waals surface area contributed by atoms with Crippen LogP contribution in [0.15, 0.2) is 53.1 Å². The van der Waals surface area contributed by atoms with Gasteiger partial charge in [-0.05, 0) is 11.4 Å². The van der Waals surface area contributed by atoms with Crippen molar-refractivity contribution >= 4 is 23.0 Å². The normalized spacial score (nSPS) is 22.4. The van der Waals surface area contributed by atoms with E-state index < -0.39 is 49.0 Å². The van der Waals surface area contributed by atoms with Crippen molar-refractivity contribution in [2.24, 2.45) is 5.92 Å². The Kier molecular flexibility index (Phi) is 6.89. The third-order valence-corrected chi connectivity index (χ3v) is 6.59. The average molecular weight is 435 g/mol. The molecule has 0 bridgehead atoms. The summed E-state index contributed by atoms with van der Waals surface area (Å²) >= 11 is 1.36. The Morgan fingerprint density at radius 3 is 2.50 bits per heavy atom. The van der Waals surface area contributed by atoms with Crippen molar-refractivity contribution in [1.82, 2.24) is 10.2 Å². The second-order valence-electron chi connectivity index (χ2n) is 7.56. The lowest BCUT2D eigenvalue weighted by Crippen LogP contribution is -2.56. The molecule has 0 fully saturated rings. The van der Waals surface area contributed by atoms with E-state index in [1.807, 2.05) is 5.38 Å². The van der Waals surface area contributed by atoms with Crippen molar-refractivity contribution in [1.29, 1.82) is 0 Å². The lowest BCUT2D eigenvalue weighted by molar-refractivity contribution is -0.132. The second-order valence-corrected chi connectivity index (χ2v) is 8.54. The molecule has 0 spiro atoms. The summed E-state index contributed by atoms with van der Waals surface area (Å²) in [7, 11) is 1.59. The van der Waals surface area contributed by atoms with Gasteiger partial charge in [0.1, 0.15) is 11.3 Å². The molecule has 0 saturated carbocycles. The zero-order chi connectivity index (χ0) is 21.9. The predicted octanol–water partition coefficient (Wildman–Crippen LogP) is 0.449. The number of Topliss-reactive ketones (excluding diaryl/α,β-unsaturated/α-hetero) is 1. The number of ketones is 1. The molecule has 3 rings (SSSR count). The van der Waals surface area contributed by atoms with Crippen molar-refractivity contribution in [3.8, 4) is 0 Å². The van der Waals surface area contributed by atoms with E-state index >= 15 is 0 Å². The van der Waals surface area contributed by atoms with Crippen LogP contribution in [0, 0.1) is 5.92 Å². The molecule has 1 amide bonds.